The average Bonchev–Trinajstić information content (AvgIpc) is 2.82. The highest BCUT2D eigenvalue weighted by atomic mass is 35.8. The lowest BCUT2D eigenvalue weighted by Crippen LogP contribution is -2.41. The van der Waals surface area contributed by atoms with Gasteiger partial charge in [0.25, 0.3) is 0 Å². The Labute approximate surface area is 226 Å². The summed E-state index contributed by atoms with van der Waals surface area (Å²) >= 11 is 16.9. The van der Waals surface area contributed by atoms with Gasteiger partial charge in [-0.15, -0.1) is 0 Å². The van der Waals surface area contributed by atoms with Crippen LogP contribution in [0.25, 0.3) is 6.08 Å². The van der Waals surface area contributed by atoms with Crippen LogP contribution in [0.4, 0.5) is 22.0 Å². The van der Waals surface area contributed by atoms with Gasteiger partial charge in [-0.1, -0.05) is 57.9 Å². The normalized spacial score (nSPS) is 12.6. The predicted molar refractivity (Wildman–Crippen MR) is 136 cm³/mol. The first-order valence-electron chi connectivity index (χ1n) is 11.1. The third kappa shape index (κ3) is 12.0. The topological polar surface area (TPSA) is 44.8 Å². The molecule has 2 rings (SSSR count). The summed E-state index contributed by atoms with van der Waals surface area (Å²) in [4.78, 5) is 12.4. The van der Waals surface area contributed by atoms with Crippen LogP contribution in [0.3, 0.4) is 0 Å². The Bertz CT molecular complexity index is 1010. The van der Waals surface area contributed by atoms with E-state index in [1.165, 1.54) is 36.4 Å². The highest BCUT2D eigenvalue weighted by Gasteiger charge is 2.58. The SMILES string of the molecule is O=C(C=Cc1ccc(OCC(F)(F)C(F)(F)F)cc1)c1ccc(OCCCCCCO[Si](Cl)(Cl)Cl)cc1. The van der Waals surface area contributed by atoms with Crippen LogP contribution in [-0.2, 0) is 4.43 Å². The second-order valence-corrected chi connectivity index (χ2v) is 15.6. The number of hydrogen-bond acceptors (Lipinski definition) is 4. The molecule has 0 N–H and O–H groups in total. The average molecular weight is 606 g/mol. The number of benzene rings is 2. The molecule has 204 valence electrons. The van der Waals surface area contributed by atoms with Crippen molar-refractivity contribution in [2.45, 2.75) is 37.8 Å². The largest absolute Gasteiger partial charge is 0.494 e. The van der Waals surface area contributed by atoms with Crippen LogP contribution in [0.2, 0.25) is 0 Å². The van der Waals surface area contributed by atoms with Crippen molar-refractivity contribution in [1.82, 2.24) is 0 Å². The molecule has 0 unspecified atom stereocenters. The summed E-state index contributed by atoms with van der Waals surface area (Å²) in [6, 6.07) is 11.9. The molecule has 0 atom stereocenters. The molecule has 0 amide bonds. The Morgan fingerprint density at radius 1 is 0.784 bits per heavy atom. The molecule has 0 spiro atoms. The van der Waals surface area contributed by atoms with Gasteiger partial charge in [0, 0.05) is 12.2 Å². The Morgan fingerprint density at radius 3 is 1.89 bits per heavy atom. The van der Waals surface area contributed by atoms with Gasteiger partial charge in [-0.25, -0.2) is 0 Å². The lowest BCUT2D eigenvalue weighted by molar-refractivity contribution is -0.290. The number of carbonyl (C=O) groups excluding carboxylic acids is 1. The van der Waals surface area contributed by atoms with Gasteiger partial charge in [-0.3, -0.25) is 4.79 Å². The summed E-state index contributed by atoms with van der Waals surface area (Å²) in [6.45, 7) is -0.888. The van der Waals surface area contributed by atoms with Crippen molar-refractivity contribution < 1.29 is 40.6 Å². The smallest absolute Gasteiger partial charge is 0.493 e. The minimum atomic E-state index is -5.69. The predicted octanol–water partition coefficient (Wildman–Crippen LogP) is 8.27. The first-order chi connectivity index (χ1) is 17.3. The van der Waals surface area contributed by atoms with E-state index in [0.29, 0.717) is 30.1 Å². The van der Waals surface area contributed by atoms with Crippen molar-refractivity contribution in [2.24, 2.45) is 0 Å². The number of ether oxygens (including phenoxy) is 2. The van der Waals surface area contributed by atoms with E-state index in [4.69, 9.17) is 42.4 Å². The van der Waals surface area contributed by atoms with Gasteiger partial charge in [0.1, 0.15) is 11.5 Å². The molecule has 0 aromatic heterocycles. The van der Waals surface area contributed by atoms with Gasteiger partial charge in [-0.05, 0) is 67.3 Å². The van der Waals surface area contributed by atoms with E-state index in [0.717, 1.165) is 25.7 Å². The second-order valence-electron chi connectivity index (χ2n) is 7.84. The Kier molecular flexibility index (Phi) is 12.2. The van der Waals surface area contributed by atoms with E-state index in [1.54, 1.807) is 24.3 Å². The van der Waals surface area contributed by atoms with E-state index >= 15 is 0 Å². The Morgan fingerprint density at radius 2 is 1.32 bits per heavy atom. The molecular formula is C24H24Cl3F5O4Si. The van der Waals surface area contributed by atoms with Crippen molar-refractivity contribution in [1.29, 1.82) is 0 Å². The fourth-order valence-corrected chi connectivity index (χ4v) is 3.92. The number of hydrogen-bond donors (Lipinski definition) is 0. The van der Waals surface area contributed by atoms with Gasteiger partial charge in [-0.2, -0.15) is 22.0 Å². The van der Waals surface area contributed by atoms with Crippen LogP contribution in [0.1, 0.15) is 41.6 Å². The van der Waals surface area contributed by atoms with Crippen molar-refractivity contribution in [3.05, 3.63) is 65.7 Å². The monoisotopic (exact) mass is 604 g/mol. The van der Waals surface area contributed by atoms with Gasteiger partial charge in [0.15, 0.2) is 12.4 Å². The summed E-state index contributed by atoms with van der Waals surface area (Å²) in [5, 5.41) is 0. The zero-order valence-corrected chi connectivity index (χ0v) is 22.6. The number of rotatable bonds is 15. The molecule has 2 aromatic carbocycles. The van der Waals surface area contributed by atoms with Crippen LogP contribution in [0.15, 0.2) is 54.6 Å². The van der Waals surface area contributed by atoms with Crippen LogP contribution in [-0.4, -0.2) is 43.9 Å². The summed E-state index contributed by atoms with van der Waals surface area (Å²) in [7, 11) is 0. The summed E-state index contributed by atoms with van der Waals surface area (Å²) in [5.41, 5.74) is 0.958. The quantitative estimate of drug-likeness (QED) is 0.0512. The number of carbonyl (C=O) groups is 1. The minimum Gasteiger partial charge on any atom is -0.494 e. The van der Waals surface area contributed by atoms with Gasteiger partial charge >= 0.3 is 18.3 Å². The second kappa shape index (κ2) is 14.3. The molecule has 37 heavy (non-hydrogen) atoms. The minimum absolute atomic E-state index is 0.154. The maximum Gasteiger partial charge on any atom is 0.493 e. The van der Waals surface area contributed by atoms with E-state index in [1.807, 2.05) is 0 Å². The summed E-state index contributed by atoms with van der Waals surface area (Å²) in [6.07, 6.45) is -2.42. The molecule has 0 saturated carbocycles. The van der Waals surface area contributed by atoms with E-state index in [9.17, 15) is 26.7 Å². The summed E-state index contributed by atoms with van der Waals surface area (Å²) < 4.78 is 77.8. The number of unbranched alkanes of at least 4 members (excludes halogenated alkanes) is 3. The third-order valence-electron chi connectivity index (χ3n) is 4.85. The molecule has 13 heteroatoms. The van der Waals surface area contributed by atoms with Gasteiger partial charge in [0.2, 0.25) is 0 Å². The fourth-order valence-electron chi connectivity index (χ4n) is 2.85. The van der Waals surface area contributed by atoms with E-state index < -0.39 is 25.0 Å². The molecule has 0 aliphatic rings. The molecule has 0 heterocycles. The molecule has 0 radical (unpaired) electrons. The Hall–Kier alpha value is -1.85. The van der Waals surface area contributed by atoms with Crippen molar-refractivity contribution >= 4 is 51.3 Å². The molecule has 2 aromatic rings. The highest BCUT2D eigenvalue weighted by molar-refractivity contribution is 7.62. The molecule has 0 aliphatic heterocycles. The molecule has 0 fully saturated rings. The standard InChI is InChI=1S/C24H24Cl3F5O4Si/c25-37(26,27)36-16-4-2-1-3-15-34-20-12-8-19(9-13-20)22(33)14-7-18-5-10-21(11-6-18)35-17-23(28,29)24(30,31)32/h5-14H,1-4,15-17H2. The lowest BCUT2D eigenvalue weighted by Gasteiger charge is -2.19. The van der Waals surface area contributed by atoms with Crippen LogP contribution in [0, 0.1) is 0 Å². The van der Waals surface area contributed by atoms with Crippen LogP contribution in [0.5, 0.6) is 11.5 Å². The number of ketones is 1. The zero-order valence-electron chi connectivity index (χ0n) is 19.4. The molecule has 0 saturated heterocycles. The number of halogens is 8. The molecule has 4 nitrogen and oxygen atoms in total. The highest BCUT2D eigenvalue weighted by Crippen LogP contribution is 2.35. The molecular weight excluding hydrogens is 582 g/mol. The van der Waals surface area contributed by atoms with Crippen molar-refractivity contribution in [3.63, 3.8) is 0 Å². The van der Waals surface area contributed by atoms with Crippen LogP contribution >= 0.6 is 33.2 Å². The maximum atomic E-state index is 12.9. The molecule has 0 aliphatic carbocycles. The van der Waals surface area contributed by atoms with Gasteiger partial charge in [0.05, 0.1) is 6.61 Å². The zero-order chi connectivity index (χ0) is 27.5. The first-order valence-corrected chi connectivity index (χ1v) is 16.0. The van der Waals surface area contributed by atoms with Crippen molar-refractivity contribution in [2.75, 3.05) is 19.8 Å². The third-order valence-corrected chi connectivity index (χ3v) is 6.37. The summed E-state index contributed by atoms with van der Waals surface area (Å²) in [5.74, 6) is -4.77. The van der Waals surface area contributed by atoms with Crippen molar-refractivity contribution in [3.8, 4) is 11.5 Å². The van der Waals surface area contributed by atoms with Crippen LogP contribution < -0.4 is 9.47 Å². The van der Waals surface area contributed by atoms with Gasteiger partial charge < -0.3 is 13.9 Å². The Balaban J connectivity index is 1.73. The number of allylic oxidation sites excluding steroid dienone is 1. The maximum absolute atomic E-state index is 12.9. The number of alkyl halides is 5. The fraction of sp³-hybridized carbons (Fsp3) is 0.375. The lowest BCUT2D eigenvalue weighted by atomic mass is 10.1. The van der Waals surface area contributed by atoms with E-state index in [-0.39, 0.29) is 11.5 Å². The first kappa shape index (κ1) is 31.4. The molecule has 0 bridgehead atoms. The van der Waals surface area contributed by atoms with E-state index in [2.05, 4.69) is 4.74 Å².